The SMILES string of the molecule is Cc1ccc([C@@H](C)NC(=O)CN(c2ccc(F)c(Cl)c2)S(=O)(=O)c2ccccc2)c(C)c1. The van der Waals surface area contributed by atoms with Gasteiger partial charge in [0, 0.05) is 0 Å². The van der Waals surface area contributed by atoms with Crippen molar-refractivity contribution in [2.75, 3.05) is 10.8 Å². The molecule has 0 aliphatic carbocycles. The van der Waals surface area contributed by atoms with Crippen molar-refractivity contribution < 1.29 is 17.6 Å². The van der Waals surface area contributed by atoms with E-state index in [1.54, 1.807) is 18.2 Å². The molecule has 0 aliphatic rings. The van der Waals surface area contributed by atoms with Crippen LogP contribution in [0, 0.1) is 19.7 Å². The highest BCUT2D eigenvalue weighted by Gasteiger charge is 2.28. The zero-order valence-electron chi connectivity index (χ0n) is 18.0. The summed E-state index contributed by atoms with van der Waals surface area (Å²) in [5, 5.41) is 2.62. The second-order valence-corrected chi connectivity index (χ2v) is 9.84. The first-order valence-corrected chi connectivity index (χ1v) is 11.8. The van der Waals surface area contributed by atoms with E-state index < -0.39 is 28.3 Å². The Balaban J connectivity index is 1.91. The van der Waals surface area contributed by atoms with Crippen molar-refractivity contribution in [3.8, 4) is 0 Å². The zero-order chi connectivity index (χ0) is 23.5. The molecular weight excluding hydrogens is 451 g/mol. The topological polar surface area (TPSA) is 66.5 Å². The number of aryl methyl sites for hydroxylation is 2. The highest BCUT2D eigenvalue weighted by atomic mass is 35.5. The smallest absolute Gasteiger partial charge is 0.264 e. The van der Waals surface area contributed by atoms with Crippen molar-refractivity contribution in [3.63, 3.8) is 0 Å². The molecule has 0 aromatic heterocycles. The number of halogens is 2. The number of hydrogen-bond donors (Lipinski definition) is 1. The van der Waals surface area contributed by atoms with Gasteiger partial charge in [0.25, 0.3) is 10.0 Å². The Morgan fingerprint density at radius 1 is 1.06 bits per heavy atom. The molecule has 168 valence electrons. The lowest BCUT2D eigenvalue weighted by Crippen LogP contribution is -2.41. The molecule has 0 saturated heterocycles. The lowest BCUT2D eigenvalue weighted by molar-refractivity contribution is -0.120. The van der Waals surface area contributed by atoms with Gasteiger partial charge in [0.15, 0.2) is 0 Å². The molecule has 3 aromatic carbocycles. The molecule has 1 N–H and O–H groups in total. The van der Waals surface area contributed by atoms with Crippen LogP contribution in [0.15, 0.2) is 71.6 Å². The molecule has 0 unspecified atom stereocenters. The zero-order valence-corrected chi connectivity index (χ0v) is 19.5. The Morgan fingerprint density at radius 2 is 1.75 bits per heavy atom. The summed E-state index contributed by atoms with van der Waals surface area (Å²) in [6, 6.07) is 16.9. The summed E-state index contributed by atoms with van der Waals surface area (Å²) in [4.78, 5) is 12.9. The van der Waals surface area contributed by atoms with Crippen LogP contribution in [-0.4, -0.2) is 20.9 Å². The van der Waals surface area contributed by atoms with E-state index in [-0.39, 0.29) is 21.6 Å². The Morgan fingerprint density at radius 3 is 2.38 bits per heavy atom. The maximum Gasteiger partial charge on any atom is 0.264 e. The van der Waals surface area contributed by atoms with Gasteiger partial charge in [0.2, 0.25) is 5.91 Å². The summed E-state index contributed by atoms with van der Waals surface area (Å²) >= 11 is 5.89. The molecule has 3 rings (SSSR count). The molecular formula is C24H24ClFN2O3S. The van der Waals surface area contributed by atoms with E-state index in [9.17, 15) is 17.6 Å². The number of nitrogens with zero attached hydrogens (tertiary/aromatic N) is 1. The van der Waals surface area contributed by atoms with E-state index in [0.29, 0.717) is 0 Å². The van der Waals surface area contributed by atoms with E-state index in [4.69, 9.17) is 11.6 Å². The molecule has 0 aliphatic heterocycles. The highest BCUT2D eigenvalue weighted by Crippen LogP contribution is 2.28. The maximum atomic E-state index is 13.7. The summed E-state index contributed by atoms with van der Waals surface area (Å²) in [7, 11) is -4.10. The van der Waals surface area contributed by atoms with Crippen LogP contribution < -0.4 is 9.62 Å². The van der Waals surface area contributed by atoms with E-state index in [0.717, 1.165) is 27.1 Å². The predicted octanol–water partition coefficient (Wildman–Crippen LogP) is 5.17. The lowest BCUT2D eigenvalue weighted by atomic mass is 10.0. The molecule has 3 aromatic rings. The first kappa shape index (κ1) is 23.8. The molecule has 0 bridgehead atoms. The van der Waals surface area contributed by atoms with Crippen molar-refractivity contribution in [1.29, 1.82) is 0 Å². The van der Waals surface area contributed by atoms with Crippen LogP contribution in [-0.2, 0) is 14.8 Å². The minimum absolute atomic E-state index is 0.00988. The third kappa shape index (κ3) is 5.29. The molecule has 32 heavy (non-hydrogen) atoms. The Hall–Kier alpha value is -2.90. The van der Waals surface area contributed by atoms with E-state index in [1.807, 2.05) is 39.0 Å². The number of carbonyl (C=O) groups excluding carboxylic acids is 1. The van der Waals surface area contributed by atoms with Gasteiger partial charge in [-0.3, -0.25) is 9.10 Å². The molecule has 0 saturated carbocycles. The number of anilines is 1. The highest BCUT2D eigenvalue weighted by molar-refractivity contribution is 7.92. The summed E-state index contributed by atoms with van der Waals surface area (Å²) in [5.41, 5.74) is 3.16. The number of nitrogens with one attached hydrogen (secondary N) is 1. The van der Waals surface area contributed by atoms with Gasteiger partial charge in [0.05, 0.1) is 21.6 Å². The second kappa shape index (κ2) is 9.71. The lowest BCUT2D eigenvalue weighted by Gasteiger charge is -2.25. The average molecular weight is 475 g/mol. The molecule has 0 radical (unpaired) electrons. The summed E-state index contributed by atoms with van der Waals surface area (Å²) in [6.45, 7) is 5.28. The average Bonchev–Trinajstić information content (AvgIpc) is 2.74. The van der Waals surface area contributed by atoms with Crippen molar-refractivity contribution in [3.05, 3.63) is 94.3 Å². The van der Waals surface area contributed by atoms with Crippen LogP contribution in [0.2, 0.25) is 5.02 Å². The Kier molecular flexibility index (Phi) is 7.21. The minimum atomic E-state index is -4.10. The van der Waals surface area contributed by atoms with Gasteiger partial charge < -0.3 is 5.32 Å². The third-order valence-corrected chi connectivity index (χ3v) is 7.16. The Labute approximate surface area is 192 Å². The first-order valence-electron chi connectivity index (χ1n) is 9.99. The van der Waals surface area contributed by atoms with Crippen LogP contribution in [0.1, 0.15) is 29.7 Å². The van der Waals surface area contributed by atoms with Gasteiger partial charge in [0.1, 0.15) is 12.4 Å². The van der Waals surface area contributed by atoms with E-state index in [1.165, 1.54) is 24.3 Å². The van der Waals surface area contributed by atoms with Gasteiger partial charge in [-0.2, -0.15) is 0 Å². The van der Waals surface area contributed by atoms with Crippen LogP contribution in [0.3, 0.4) is 0 Å². The Bertz CT molecular complexity index is 1230. The number of hydrogen-bond acceptors (Lipinski definition) is 3. The van der Waals surface area contributed by atoms with Crippen LogP contribution in [0.5, 0.6) is 0 Å². The van der Waals surface area contributed by atoms with Crippen molar-refractivity contribution >= 4 is 33.2 Å². The number of carbonyl (C=O) groups is 1. The minimum Gasteiger partial charge on any atom is -0.348 e. The third-order valence-electron chi connectivity index (χ3n) is 5.08. The van der Waals surface area contributed by atoms with Crippen molar-refractivity contribution in [2.24, 2.45) is 0 Å². The largest absolute Gasteiger partial charge is 0.348 e. The van der Waals surface area contributed by atoms with Crippen LogP contribution in [0.25, 0.3) is 0 Å². The monoisotopic (exact) mass is 474 g/mol. The summed E-state index contributed by atoms with van der Waals surface area (Å²) in [5.74, 6) is -1.18. The van der Waals surface area contributed by atoms with Gasteiger partial charge in [-0.25, -0.2) is 12.8 Å². The van der Waals surface area contributed by atoms with E-state index in [2.05, 4.69) is 5.32 Å². The molecule has 0 fully saturated rings. The molecule has 0 heterocycles. The van der Waals surface area contributed by atoms with Crippen LogP contribution >= 0.6 is 11.6 Å². The van der Waals surface area contributed by atoms with Gasteiger partial charge >= 0.3 is 0 Å². The maximum absolute atomic E-state index is 13.7. The fourth-order valence-electron chi connectivity index (χ4n) is 3.48. The number of sulfonamides is 1. The fraction of sp³-hybridized carbons (Fsp3) is 0.208. The quantitative estimate of drug-likeness (QED) is 0.513. The summed E-state index contributed by atoms with van der Waals surface area (Å²) < 4.78 is 41.3. The standard InChI is InChI=1S/C24H24ClFN2O3S/c1-16-9-11-21(17(2)13-16)18(3)27-24(29)15-28(19-10-12-23(26)22(25)14-19)32(30,31)20-7-5-4-6-8-20/h4-14,18H,15H2,1-3H3,(H,27,29)/t18-/m1/s1. The number of amides is 1. The number of benzene rings is 3. The van der Waals surface area contributed by atoms with Crippen molar-refractivity contribution in [2.45, 2.75) is 31.7 Å². The number of rotatable bonds is 7. The van der Waals surface area contributed by atoms with Crippen LogP contribution in [0.4, 0.5) is 10.1 Å². The van der Waals surface area contributed by atoms with Gasteiger partial charge in [-0.15, -0.1) is 0 Å². The molecule has 0 spiro atoms. The van der Waals surface area contributed by atoms with Gasteiger partial charge in [-0.1, -0.05) is 53.6 Å². The summed E-state index contributed by atoms with van der Waals surface area (Å²) in [6.07, 6.45) is 0. The molecule has 1 amide bonds. The molecule has 8 heteroatoms. The second-order valence-electron chi connectivity index (χ2n) is 7.57. The molecule has 5 nitrogen and oxygen atoms in total. The van der Waals surface area contributed by atoms with E-state index >= 15 is 0 Å². The van der Waals surface area contributed by atoms with Gasteiger partial charge in [-0.05, 0) is 62.2 Å². The molecule has 1 atom stereocenters. The normalized spacial score (nSPS) is 12.3. The first-order chi connectivity index (χ1) is 15.1. The fourth-order valence-corrected chi connectivity index (χ4v) is 5.09. The van der Waals surface area contributed by atoms with Crippen molar-refractivity contribution in [1.82, 2.24) is 5.32 Å². The predicted molar refractivity (Wildman–Crippen MR) is 125 cm³/mol.